The zero-order chi connectivity index (χ0) is 14.3. The van der Waals surface area contributed by atoms with Crippen molar-refractivity contribution >= 4 is 11.0 Å². The van der Waals surface area contributed by atoms with E-state index in [-0.39, 0.29) is 0 Å². The predicted molar refractivity (Wildman–Crippen MR) is 77.5 cm³/mol. The van der Waals surface area contributed by atoms with Crippen LogP contribution in [0.1, 0.15) is 37.4 Å². The fourth-order valence-corrected chi connectivity index (χ4v) is 3.03. The van der Waals surface area contributed by atoms with Crippen LogP contribution in [-0.2, 0) is 12.1 Å². The van der Waals surface area contributed by atoms with Gasteiger partial charge in [0.2, 0.25) is 5.89 Å². The van der Waals surface area contributed by atoms with Crippen molar-refractivity contribution in [3.63, 3.8) is 0 Å². The smallest absolute Gasteiger partial charge is 0.246 e. The van der Waals surface area contributed by atoms with Gasteiger partial charge in [-0.2, -0.15) is 4.98 Å². The average molecular weight is 283 g/mol. The highest BCUT2D eigenvalue weighted by atomic mass is 16.5. The summed E-state index contributed by atoms with van der Waals surface area (Å²) < 4.78 is 7.38. The molecule has 0 saturated heterocycles. The van der Waals surface area contributed by atoms with Crippen molar-refractivity contribution in [1.82, 2.24) is 19.7 Å². The number of fused-ring (bicyclic) bond motifs is 1. The van der Waals surface area contributed by atoms with Gasteiger partial charge in [-0.05, 0) is 25.0 Å². The molecule has 3 aromatic rings. The Labute approximate surface area is 122 Å². The number of hydrogen-bond acceptors (Lipinski definition) is 5. The first-order valence-electron chi connectivity index (χ1n) is 7.26. The van der Waals surface area contributed by atoms with Crippen LogP contribution < -0.4 is 5.73 Å². The second kappa shape index (κ2) is 4.66. The van der Waals surface area contributed by atoms with Crippen molar-refractivity contribution in [3.05, 3.63) is 42.3 Å². The lowest BCUT2D eigenvalue weighted by molar-refractivity contribution is 0.345. The Morgan fingerprint density at radius 2 is 2.05 bits per heavy atom. The van der Waals surface area contributed by atoms with Crippen LogP contribution in [-0.4, -0.2) is 19.7 Å². The van der Waals surface area contributed by atoms with Crippen molar-refractivity contribution in [2.24, 2.45) is 5.73 Å². The van der Waals surface area contributed by atoms with Gasteiger partial charge in [0, 0.05) is 0 Å². The summed E-state index contributed by atoms with van der Waals surface area (Å²) in [5.74, 6) is 1.21. The molecule has 108 valence electrons. The summed E-state index contributed by atoms with van der Waals surface area (Å²) in [5, 5.41) is 4.09. The Hall–Kier alpha value is -2.21. The van der Waals surface area contributed by atoms with Gasteiger partial charge in [0.1, 0.15) is 6.54 Å². The molecular formula is C15H17N5O. The highest BCUT2D eigenvalue weighted by molar-refractivity contribution is 5.74. The summed E-state index contributed by atoms with van der Waals surface area (Å²) in [7, 11) is 0. The van der Waals surface area contributed by atoms with Gasteiger partial charge in [-0.1, -0.05) is 30.1 Å². The monoisotopic (exact) mass is 283 g/mol. The van der Waals surface area contributed by atoms with Gasteiger partial charge in [-0.25, -0.2) is 4.98 Å². The maximum Gasteiger partial charge on any atom is 0.246 e. The fourth-order valence-electron chi connectivity index (χ4n) is 3.03. The Bertz CT molecular complexity index is 769. The molecular weight excluding hydrogens is 266 g/mol. The molecule has 0 spiro atoms. The summed E-state index contributed by atoms with van der Waals surface area (Å²) in [4.78, 5) is 8.86. The minimum atomic E-state index is -0.404. The number of nitrogens with zero attached hydrogens (tertiary/aromatic N) is 4. The SMILES string of the molecule is NC1(c2noc(Cn3cnc4ccccc43)n2)CCCC1. The molecule has 4 rings (SSSR count). The Kier molecular flexibility index (Phi) is 2.78. The molecule has 21 heavy (non-hydrogen) atoms. The first-order valence-corrected chi connectivity index (χ1v) is 7.26. The molecule has 2 aromatic heterocycles. The normalized spacial score (nSPS) is 17.6. The lowest BCUT2D eigenvalue weighted by atomic mass is 9.99. The molecule has 0 bridgehead atoms. The van der Waals surface area contributed by atoms with Gasteiger partial charge in [0.05, 0.1) is 22.9 Å². The van der Waals surface area contributed by atoms with E-state index in [1.165, 1.54) is 0 Å². The molecule has 6 heteroatoms. The highest BCUT2D eigenvalue weighted by Crippen LogP contribution is 2.34. The van der Waals surface area contributed by atoms with Gasteiger partial charge in [0.25, 0.3) is 0 Å². The Morgan fingerprint density at radius 1 is 1.24 bits per heavy atom. The van der Waals surface area contributed by atoms with Crippen LogP contribution in [0.25, 0.3) is 11.0 Å². The summed E-state index contributed by atoms with van der Waals surface area (Å²) in [6, 6.07) is 7.98. The van der Waals surface area contributed by atoms with Gasteiger partial charge in [-0.15, -0.1) is 0 Å². The fraction of sp³-hybridized carbons (Fsp3) is 0.400. The second-order valence-electron chi connectivity index (χ2n) is 5.74. The largest absolute Gasteiger partial charge is 0.337 e. The Morgan fingerprint density at radius 3 is 2.90 bits per heavy atom. The standard InChI is InChI=1S/C15H17N5O/c16-15(7-3-4-8-15)14-18-13(21-19-14)9-20-10-17-11-5-1-2-6-12(11)20/h1-2,5-6,10H,3-4,7-9,16H2. The van der Waals surface area contributed by atoms with E-state index in [9.17, 15) is 0 Å². The molecule has 1 aliphatic carbocycles. The predicted octanol–water partition coefficient (Wildman–Crippen LogP) is 2.20. The zero-order valence-corrected chi connectivity index (χ0v) is 11.7. The maximum atomic E-state index is 6.35. The number of aromatic nitrogens is 4. The average Bonchev–Trinajstić information content (AvgIpc) is 3.21. The van der Waals surface area contributed by atoms with Gasteiger partial charge < -0.3 is 14.8 Å². The van der Waals surface area contributed by atoms with Gasteiger partial charge in [-0.3, -0.25) is 0 Å². The zero-order valence-electron chi connectivity index (χ0n) is 11.7. The lowest BCUT2D eigenvalue weighted by Crippen LogP contribution is -2.34. The van der Waals surface area contributed by atoms with E-state index in [2.05, 4.69) is 15.1 Å². The third-order valence-electron chi connectivity index (χ3n) is 4.24. The van der Waals surface area contributed by atoms with E-state index < -0.39 is 5.54 Å². The minimum absolute atomic E-state index is 0.404. The molecule has 0 atom stereocenters. The molecule has 1 aromatic carbocycles. The number of hydrogen-bond donors (Lipinski definition) is 1. The molecule has 0 radical (unpaired) electrons. The first kappa shape index (κ1) is 12.5. The van der Waals surface area contributed by atoms with Crippen LogP contribution >= 0.6 is 0 Å². The van der Waals surface area contributed by atoms with Crippen molar-refractivity contribution < 1.29 is 4.52 Å². The Balaban J connectivity index is 1.62. The molecule has 2 N–H and O–H groups in total. The van der Waals surface area contributed by atoms with Crippen molar-refractivity contribution in [1.29, 1.82) is 0 Å². The quantitative estimate of drug-likeness (QED) is 0.796. The van der Waals surface area contributed by atoms with Crippen LogP contribution in [0.4, 0.5) is 0 Å². The first-order chi connectivity index (χ1) is 10.2. The molecule has 1 saturated carbocycles. The van der Waals surface area contributed by atoms with Gasteiger partial charge in [0.15, 0.2) is 5.82 Å². The molecule has 2 heterocycles. The van der Waals surface area contributed by atoms with Crippen LogP contribution in [0.3, 0.4) is 0 Å². The molecule has 6 nitrogen and oxygen atoms in total. The van der Waals surface area contributed by atoms with Crippen molar-refractivity contribution in [3.8, 4) is 0 Å². The van der Waals surface area contributed by atoms with E-state index >= 15 is 0 Å². The second-order valence-corrected chi connectivity index (χ2v) is 5.74. The molecule has 1 fully saturated rings. The van der Waals surface area contributed by atoms with E-state index in [1.807, 2.05) is 28.8 Å². The summed E-state index contributed by atoms with van der Waals surface area (Å²) >= 11 is 0. The molecule has 0 unspecified atom stereocenters. The van der Waals surface area contributed by atoms with Crippen LogP contribution in [0, 0.1) is 0 Å². The van der Waals surface area contributed by atoms with Crippen LogP contribution in [0.5, 0.6) is 0 Å². The third kappa shape index (κ3) is 2.12. The van der Waals surface area contributed by atoms with E-state index in [0.29, 0.717) is 18.3 Å². The summed E-state index contributed by atoms with van der Waals surface area (Å²) in [6.07, 6.45) is 5.92. The summed E-state index contributed by atoms with van der Waals surface area (Å²) in [6.45, 7) is 0.517. The van der Waals surface area contributed by atoms with Crippen molar-refractivity contribution in [2.75, 3.05) is 0 Å². The maximum absolute atomic E-state index is 6.35. The molecule has 0 aliphatic heterocycles. The minimum Gasteiger partial charge on any atom is -0.337 e. The number of imidazole rings is 1. The summed E-state index contributed by atoms with van der Waals surface area (Å²) in [5.41, 5.74) is 7.97. The highest BCUT2D eigenvalue weighted by Gasteiger charge is 2.35. The third-order valence-corrected chi connectivity index (χ3v) is 4.24. The van der Waals surface area contributed by atoms with E-state index in [1.54, 1.807) is 6.33 Å². The van der Waals surface area contributed by atoms with Crippen LogP contribution in [0.2, 0.25) is 0 Å². The van der Waals surface area contributed by atoms with E-state index in [0.717, 1.165) is 36.7 Å². The number of para-hydroxylation sites is 2. The topological polar surface area (TPSA) is 82.8 Å². The lowest BCUT2D eigenvalue weighted by Gasteiger charge is -2.17. The van der Waals surface area contributed by atoms with Crippen LogP contribution in [0.15, 0.2) is 35.1 Å². The molecule has 1 aliphatic rings. The number of rotatable bonds is 3. The van der Waals surface area contributed by atoms with E-state index in [4.69, 9.17) is 10.3 Å². The molecule has 0 amide bonds. The number of nitrogens with two attached hydrogens (primary N) is 1. The van der Waals surface area contributed by atoms with Crippen molar-refractivity contribution in [2.45, 2.75) is 37.8 Å². The van der Waals surface area contributed by atoms with Gasteiger partial charge >= 0.3 is 0 Å². The number of benzene rings is 1.